The maximum Gasteiger partial charge on any atom is 0.306 e. The molecule has 1 aromatic carbocycles. The van der Waals surface area contributed by atoms with E-state index in [1.165, 1.54) is 0 Å². The molecule has 0 aromatic heterocycles. The van der Waals surface area contributed by atoms with Gasteiger partial charge in [0.1, 0.15) is 11.6 Å². The van der Waals surface area contributed by atoms with Crippen LogP contribution in [0.1, 0.15) is 18.4 Å². The van der Waals surface area contributed by atoms with Crippen molar-refractivity contribution in [2.24, 2.45) is 10.7 Å². The number of carboxylic acids is 1. The molecule has 20 heavy (non-hydrogen) atoms. The van der Waals surface area contributed by atoms with E-state index in [-0.39, 0.29) is 19.1 Å². The maximum absolute atomic E-state index is 10.4. The zero-order chi connectivity index (χ0) is 14.4. The van der Waals surface area contributed by atoms with Crippen molar-refractivity contribution >= 4 is 11.8 Å². The molecule has 2 rings (SSSR count). The molecule has 0 saturated carbocycles. The Morgan fingerprint density at radius 3 is 2.80 bits per heavy atom. The van der Waals surface area contributed by atoms with Crippen molar-refractivity contribution in [1.29, 1.82) is 0 Å². The lowest BCUT2D eigenvalue weighted by Gasteiger charge is -2.07. The predicted molar refractivity (Wildman–Crippen MR) is 76.2 cm³/mol. The third-order valence-electron chi connectivity index (χ3n) is 3.09. The first-order chi connectivity index (χ1) is 9.65. The molecule has 0 spiro atoms. The van der Waals surface area contributed by atoms with Gasteiger partial charge < -0.3 is 20.9 Å². The Kier molecular flexibility index (Phi) is 4.95. The molecule has 4 N–H and O–H groups in total. The van der Waals surface area contributed by atoms with Crippen LogP contribution >= 0.6 is 0 Å². The molecular weight excluding hydrogens is 258 g/mol. The summed E-state index contributed by atoms with van der Waals surface area (Å²) in [5.74, 6) is 0.282. The number of carbonyl (C=O) groups is 1. The molecule has 1 aromatic rings. The summed E-state index contributed by atoms with van der Waals surface area (Å²) in [4.78, 5) is 14.9. The van der Waals surface area contributed by atoms with Crippen LogP contribution in [-0.2, 0) is 4.79 Å². The fourth-order valence-electron chi connectivity index (χ4n) is 2.00. The van der Waals surface area contributed by atoms with E-state index in [1.54, 1.807) is 12.1 Å². The Morgan fingerprint density at radius 1 is 1.45 bits per heavy atom. The second kappa shape index (κ2) is 6.91. The van der Waals surface area contributed by atoms with Gasteiger partial charge in [0.25, 0.3) is 0 Å². The van der Waals surface area contributed by atoms with Gasteiger partial charge in [-0.25, -0.2) is 0 Å². The summed E-state index contributed by atoms with van der Waals surface area (Å²) < 4.78 is 5.31. The number of nitrogens with two attached hydrogens (primary N) is 1. The number of nitrogens with zero attached hydrogens (tertiary/aromatic N) is 1. The molecule has 0 aliphatic carbocycles. The highest BCUT2D eigenvalue weighted by Gasteiger charge is 2.13. The van der Waals surface area contributed by atoms with E-state index >= 15 is 0 Å². The van der Waals surface area contributed by atoms with Crippen LogP contribution < -0.4 is 15.8 Å². The molecule has 1 atom stereocenters. The Labute approximate surface area is 117 Å². The summed E-state index contributed by atoms with van der Waals surface area (Å²) in [5, 5.41) is 11.8. The third kappa shape index (κ3) is 4.24. The van der Waals surface area contributed by atoms with Crippen molar-refractivity contribution in [3.8, 4) is 5.75 Å². The number of aliphatic imine (C=N–C) groups is 1. The molecule has 1 heterocycles. The minimum absolute atomic E-state index is 0.0139. The Balaban J connectivity index is 1.91. The van der Waals surface area contributed by atoms with E-state index in [1.807, 2.05) is 12.1 Å². The Bertz CT molecular complexity index is 479. The summed E-state index contributed by atoms with van der Waals surface area (Å²) in [6.07, 6.45) is 0.997. The van der Waals surface area contributed by atoms with Crippen LogP contribution in [0.2, 0.25) is 0 Å². The lowest BCUT2D eigenvalue weighted by atomic mass is 10.2. The first kappa shape index (κ1) is 14.3. The zero-order valence-corrected chi connectivity index (χ0v) is 11.2. The second-order valence-electron chi connectivity index (χ2n) is 4.68. The smallest absolute Gasteiger partial charge is 0.306 e. The van der Waals surface area contributed by atoms with Crippen molar-refractivity contribution in [3.05, 3.63) is 29.8 Å². The van der Waals surface area contributed by atoms with E-state index in [0.29, 0.717) is 11.6 Å². The highest BCUT2D eigenvalue weighted by Crippen LogP contribution is 2.13. The standard InChI is InChI=1S/C14H19N3O3/c15-14(17-11-5-7-16-9-11)10-1-3-12(4-2-10)20-8-6-13(18)19/h1-4,11,16H,5-9H2,(H2,15,17)(H,18,19)/t11-/m1/s1. The number of hydrogen-bond acceptors (Lipinski definition) is 4. The van der Waals surface area contributed by atoms with Crippen molar-refractivity contribution < 1.29 is 14.6 Å². The van der Waals surface area contributed by atoms with Crippen LogP contribution in [0, 0.1) is 0 Å². The first-order valence-electron chi connectivity index (χ1n) is 6.64. The van der Waals surface area contributed by atoms with E-state index in [2.05, 4.69) is 10.3 Å². The van der Waals surface area contributed by atoms with Crippen LogP contribution in [0.4, 0.5) is 0 Å². The zero-order valence-electron chi connectivity index (χ0n) is 11.2. The van der Waals surface area contributed by atoms with E-state index in [9.17, 15) is 4.79 Å². The van der Waals surface area contributed by atoms with Crippen LogP contribution in [-0.4, -0.2) is 42.6 Å². The monoisotopic (exact) mass is 277 g/mol. The molecule has 1 aliphatic rings. The average molecular weight is 277 g/mol. The topological polar surface area (TPSA) is 96.9 Å². The van der Waals surface area contributed by atoms with Gasteiger partial charge in [0.05, 0.1) is 19.1 Å². The van der Waals surface area contributed by atoms with Crippen LogP contribution in [0.5, 0.6) is 5.75 Å². The molecule has 0 unspecified atom stereocenters. The quantitative estimate of drug-likeness (QED) is 0.523. The van der Waals surface area contributed by atoms with Crippen LogP contribution in [0.25, 0.3) is 0 Å². The van der Waals surface area contributed by atoms with Gasteiger partial charge in [-0.3, -0.25) is 9.79 Å². The maximum atomic E-state index is 10.4. The lowest BCUT2D eigenvalue weighted by Crippen LogP contribution is -2.19. The minimum Gasteiger partial charge on any atom is -0.493 e. The summed E-state index contributed by atoms with van der Waals surface area (Å²) in [5.41, 5.74) is 6.82. The van der Waals surface area contributed by atoms with Crippen molar-refractivity contribution in [1.82, 2.24) is 5.32 Å². The van der Waals surface area contributed by atoms with Crippen molar-refractivity contribution in [2.45, 2.75) is 18.9 Å². The van der Waals surface area contributed by atoms with Gasteiger partial charge in [0.15, 0.2) is 0 Å². The third-order valence-corrected chi connectivity index (χ3v) is 3.09. The van der Waals surface area contributed by atoms with Gasteiger partial charge in [-0.15, -0.1) is 0 Å². The van der Waals surface area contributed by atoms with Gasteiger partial charge >= 0.3 is 5.97 Å². The number of nitrogens with one attached hydrogen (secondary N) is 1. The molecule has 108 valence electrons. The highest BCUT2D eigenvalue weighted by molar-refractivity contribution is 5.97. The number of carboxylic acid groups (broad SMARTS) is 1. The molecule has 0 amide bonds. The fourth-order valence-corrected chi connectivity index (χ4v) is 2.00. The number of ether oxygens (including phenoxy) is 1. The van der Waals surface area contributed by atoms with Gasteiger partial charge in [0.2, 0.25) is 0 Å². The Hall–Kier alpha value is -2.08. The van der Waals surface area contributed by atoms with Crippen LogP contribution in [0.15, 0.2) is 29.3 Å². The Morgan fingerprint density at radius 2 is 2.20 bits per heavy atom. The molecule has 6 nitrogen and oxygen atoms in total. The van der Waals surface area contributed by atoms with E-state index in [0.717, 1.165) is 25.1 Å². The number of hydrogen-bond donors (Lipinski definition) is 3. The number of benzene rings is 1. The SMILES string of the molecule is NC(=N[C@@H]1CCNC1)c1ccc(OCCC(=O)O)cc1. The van der Waals surface area contributed by atoms with Gasteiger partial charge in [-0.1, -0.05) is 0 Å². The highest BCUT2D eigenvalue weighted by atomic mass is 16.5. The molecular formula is C14H19N3O3. The predicted octanol–water partition coefficient (Wildman–Crippen LogP) is 0.607. The van der Waals surface area contributed by atoms with Crippen molar-refractivity contribution in [2.75, 3.05) is 19.7 Å². The van der Waals surface area contributed by atoms with Gasteiger partial charge in [-0.2, -0.15) is 0 Å². The largest absolute Gasteiger partial charge is 0.493 e. The van der Waals surface area contributed by atoms with Gasteiger partial charge in [-0.05, 0) is 37.2 Å². The molecule has 1 saturated heterocycles. The normalized spacial score (nSPS) is 19.0. The molecule has 6 heteroatoms. The molecule has 1 aliphatic heterocycles. The fraction of sp³-hybridized carbons (Fsp3) is 0.429. The molecule has 0 bridgehead atoms. The number of aliphatic carboxylic acids is 1. The molecule has 1 fully saturated rings. The number of rotatable bonds is 6. The van der Waals surface area contributed by atoms with E-state index in [4.69, 9.17) is 15.6 Å². The average Bonchev–Trinajstić information content (AvgIpc) is 2.92. The van der Waals surface area contributed by atoms with Crippen LogP contribution in [0.3, 0.4) is 0 Å². The van der Waals surface area contributed by atoms with Crippen molar-refractivity contribution in [3.63, 3.8) is 0 Å². The summed E-state index contributed by atoms with van der Waals surface area (Å²) >= 11 is 0. The summed E-state index contributed by atoms with van der Waals surface area (Å²) in [7, 11) is 0. The first-order valence-corrected chi connectivity index (χ1v) is 6.64. The minimum atomic E-state index is -0.872. The summed E-state index contributed by atoms with van der Waals surface area (Å²) in [6, 6.07) is 7.45. The number of amidine groups is 1. The van der Waals surface area contributed by atoms with Gasteiger partial charge in [0, 0.05) is 12.1 Å². The molecule has 0 radical (unpaired) electrons. The second-order valence-corrected chi connectivity index (χ2v) is 4.68. The van der Waals surface area contributed by atoms with E-state index < -0.39 is 5.97 Å². The lowest BCUT2D eigenvalue weighted by molar-refractivity contribution is -0.137. The summed E-state index contributed by atoms with van der Waals surface area (Å²) in [6.45, 7) is 2.01.